The largest absolute Gasteiger partial charge is 0.395 e. The maximum atomic E-state index is 15.3. The zero-order chi connectivity index (χ0) is 28.2. The van der Waals surface area contributed by atoms with Crippen LogP contribution in [-0.2, 0) is 16.4 Å². The Labute approximate surface area is 228 Å². The fraction of sp³-hybridized carbons (Fsp3) is 0.600. The molecule has 2 aliphatic rings. The van der Waals surface area contributed by atoms with E-state index in [4.69, 9.17) is 17.3 Å². The second-order valence-corrected chi connectivity index (χ2v) is 13.3. The highest BCUT2D eigenvalue weighted by Crippen LogP contribution is 2.45. The van der Waals surface area contributed by atoms with Gasteiger partial charge in [0.2, 0.25) is 16.0 Å². The number of benzene rings is 1. The third kappa shape index (κ3) is 5.55. The summed E-state index contributed by atoms with van der Waals surface area (Å²) in [6, 6.07) is 0.501. The van der Waals surface area contributed by atoms with E-state index in [1.807, 2.05) is 18.7 Å². The Bertz CT molecular complexity index is 1320. The number of nitrogen functional groups attached to an aromatic ring is 1. The lowest BCUT2D eigenvalue weighted by molar-refractivity contribution is 0.0516. The predicted octanol–water partition coefficient (Wildman–Crippen LogP) is 2.63. The molecule has 13 heteroatoms. The topological polar surface area (TPSA) is 145 Å². The Kier molecular flexibility index (Phi) is 7.85. The van der Waals surface area contributed by atoms with Crippen molar-refractivity contribution in [2.24, 2.45) is 0 Å². The molecule has 10 nitrogen and oxygen atoms in total. The first-order valence-electron chi connectivity index (χ1n) is 12.6. The van der Waals surface area contributed by atoms with Gasteiger partial charge in [-0.15, -0.1) is 0 Å². The van der Waals surface area contributed by atoms with Crippen LogP contribution in [0.4, 0.5) is 21.7 Å². The van der Waals surface area contributed by atoms with Crippen molar-refractivity contribution in [1.29, 1.82) is 0 Å². The highest BCUT2D eigenvalue weighted by molar-refractivity contribution is 7.88. The highest BCUT2D eigenvalue weighted by atomic mass is 35.5. The summed E-state index contributed by atoms with van der Waals surface area (Å²) in [5, 5.41) is 24.6. The molecule has 3 heterocycles. The third-order valence-electron chi connectivity index (χ3n) is 7.71. The maximum absolute atomic E-state index is 15.3. The van der Waals surface area contributed by atoms with E-state index in [9.17, 15) is 18.6 Å². The monoisotopic (exact) mass is 570 g/mol. The number of nitrogens with zero attached hydrogens (tertiary/aromatic N) is 4. The Morgan fingerprint density at radius 1 is 1.34 bits per heavy atom. The number of sulfonamides is 1. The second kappa shape index (κ2) is 10.4. The van der Waals surface area contributed by atoms with Crippen molar-refractivity contribution < 1.29 is 23.0 Å². The van der Waals surface area contributed by atoms with Crippen LogP contribution < -0.4 is 16.0 Å². The van der Waals surface area contributed by atoms with Crippen molar-refractivity contribution >= 4 is 38.9 Å². The number of β-amino-alcohol motifs (C(OH)–C–C–N with tert-alkyl or cyclic N) is 1. The lowest BCUT2D eigenvalue weighted by Gasteiger charge is -2.46. The van der Waals surface area contributed by atoms with E-state index in [-0.39, 0.29) is 41.8 Å². The molecule has 38 heavy (non-hydrogen) atoms. The molecule has 0 amide bonds. The summed E-state index contributed by atoms with van der Waals surface area (Å²) in [7, 11) is -3.41. The molecule has 0 spiro atoms. The summed E-state index contributed by atoms with van der Waals surface area (Å²) >= 11 is 6.52. The fourth-order valence-corrected chi connectivity index (χ4v) is 6.30. The van der Waals surface area contributed by atoms with Crippen molar-refractivity contribution in [3.8, 4) is 11.3 Å². The Morgan fingerprint density at radius 3 is 2.63 bits per heavy atom. The van der Waals surface area contributed by atoms with Crippen LogP contribution in [0.3, 0.4) is 0 Å². The van der Waals surface area contributed by atoms with Gasteiger partial charge in [0.1, 0.15) is 5.82 Å². The zero-order valence-corrected chi connectivity index (χ0v) is 23.8. The average Bonchev–Trinajstić information content (AvgIpc) is 2.82. The number of fused-ring (bicyclic) bond motifs is 1. The van der Waals surface area contributed by atoms with Gasteiger partial charge in [0, 0.05) is 24.7 Å². The van der Waals surface area contributed by atoms with Crippen molar-refractivity contribution in [2.75, 3.05) is 35.3 Å². The van der Waals surface area contributed by atoms with Gasteiger partial charge >= 0.3 is 0 Å². The van der Waals surface area contributed by atoms with Crippen LogP contribution in [0, 0.1) is 5.82 Å². The number of aromatic nitrogens is 2. The molecule has 210 valence electrons. The fourth-order valence-electron chi connectivity index (χ4n) is 5.25. The van der Waals surface area contributed by atoms with Gasteiger partial charge in [0.05, 0.1) is 58.3 Å². The summed E-state index contributed by atoms with van der Waals surface area (Å²) in [5.74, 6) is -0.438. The SMILES string of the molecule is CC(N1c2c(N)c(F)cc(-c3nc(N[C@@H]4CCN(S(C)(=O)=O)C[C@H]4O)ncc3Cl)c2CC[C@H]1C)C(C)(C)O. The van der Waals surface area contributed by atoms with Gasteiger partial charge < -0.3 is 26.2 Å². The minimum absolute atomic E-state index is 0.00989. The lowest BCUT2D eigenvalue weighted by Crippen LogP contribution is -2.53. The normalized spacial score (nSPS) is 23.7. The second-order valence-electron chi connectivity index (χ2n) is 10.9. The van der Waals surface area contributed by atoms with Gasteiger partial charge in [-0.1, -0.05) is 11.6 Å². The molecule has 1 fully saturated rings. The summed E-state index contributed by atoms with van der Waals surface area (Å²) in [5.41, 5.74) is 7.33. The average molecular weight is 571 g/mol. The molecule has 1 aromatic heterocycles. The van der Waals surface area contributed by atoms with Gasteiger partial charge in [0.15, 0.2) is 0 Å². The number of nitrogens with two attached hydrogens (primary N) is 1. The number of hydrogen-bond acceptors (Lipinski definition) is 9. The molecule has 4 atom stereocenters. The number of nitrogens with one attached hydrogen (secondary N) is 1. The molecular weight excluding hydrogens is 535 g/mol. The van der Waals surface area contributed by atoms with E-state index in [0.29, 0.717) is 29.8 Å². The van der Waals surface area contributed by atoms with E-state index in [0.717, 1.165) is 18.2 Å². The maximum Gasteiger partial charge on any atom is 0.223 e. The molecule has 4 rings (SSSR count). The minimum atomic E-state index is -3.41. The number of rotatable bonds is 6. The molecular formula is C25H36ClFN6O4S. The van der Waals surface area contributed by atoms with Crippen molar-refractivity contribution in [1.82, 2.24) is 14.3 Å². The van der Waals surface area contributed by atoms with Crippen LogP contribution in [0.25, 0.3) is 11.3 Å². The van der Waals surface area contributed by atoms with Crippen molar-refractivity contribution in [2.45, 2.75) is 76.8 Å². The first-order valence-corrected chi connectivity index (χ1v) is 14.9. The van der Waals surface area contributed by atoms with Crippen LogP contribution in [0.15, 0.2) is 12.3 Å². The van der Waals surface area contributed by atoms with Gasteiger partial charge in [-0.05, 0) is 58.6 Å². The van der Waals surface area contributed by atoms with E-state index < -0.39 is 33.6 Å². The number of hydrogen-bond donors (Lipinski definition) is 4. The first-order chi connectivity index (χ1) is 17.6. The molecule has 1 aromatic carbocycles. The van der Waals surface area contributed by atoms with Gasteiger partial charge in [-0.25, -0.2) is 22.8 Å². The molecule has 2 aliphatic heterocycles. The van der Waals surface area contributed by atoms with Crippen molar-refractivity contribution in [3.63, 3.8) is 0 Å². The summed E-state index contributed by atoms with van der Waals surface area (Å²) in [6.07, 6.45) is 3.26. The molecule has 0 saturated carbocycles. The molecule has 2 aromatic rings. The number of piperidine rings is 1. The van der Waals surface area contributed by atoms with Crippen LogP contribution in [-0.4, -0.2) is 82.1 Å². The molecule has 0 radical (unpaired) electrons. The molecule has 1 saturated heterocycles. The Balaban J connectivity index is 1.72. The van der Waals surface area contributed by atoms with Crippen LogP contribution >= 0.6 is 11.6 Å². The lowest BCUT2D eigenvalue weighted by atomic mass is 9.86. The standard InChI is InChI=1S/C25H36ClFN6O4S/c1-13-6-7-15-16(10-18(27)21(28)23(15)33(13)14(2)25(3,4)35)22-17(26)11-29-24(31-22)30-19-8-9-32(12-20(19)34)38(5,36)37/h10-11,13-14,19-20,34-35H,6-9,12,28H2,1-5H3,(H,29,30,31)/t13-,14?,19-,20-/m1/s1. The van der Waals surface area contributed by atoms with Crippen LogP contribution in [0.2, 0.25) is 5.02 Å². The third-order valence-corrected chi connectivity index (χ3v) is 9.25. The van der Waals surface area contributed by atoms with Gasteiger partial charge in [0.25, 0.3) is 0 Å². The van der Waals surface area contributed by atoms with E-state index in [1.165, 1.54) is 16.6 Å². The van der Waals surface area contributed by atoms with E-state index in [2.05, 4.69) is 15.3 Å². The van der Waals surface area contributed by atoms with Crippen LogP contribution in [0.1, 0.15) is 46.1 Å². The molecule has 1 unspecified atom stereocenters. The molecule has 5 N–H and O–H groups in total. The first kappa shape index (κ1) is 28.8. The number of anilines is 3. The number of aliphatic hydroxyl groups is 2. The predicted molar refractivity (Wildman–Crippen MR) is 147 cm³/mol. The number of halogens is 2. The smallest absolute Gasteiger partial charge is 0.223 e. The van der Waals surface area contributed by atoms with E-state index in [1.54, 1.807) is 13.8 Å². The minimum Gasteiger partial charge on any atom is -0.395 e. The summed E-state index contributed by atoms with van der Waals surface area (Å²) in [4.78, 5) is 10.8. The van der Waals surface area contributed by atoms with Crippen LogP contribution in [0.5, 0.6) is 0 Å². The van der Waals surface area contributed by atoms with Gasteiger partial charge in [-0.3, -0.25) is 0 Å². The molecule has 0 bridgehead atoms. The molecule has 0 aliphatic carbocycles. The van der Waals surface area contributed by atoms with E-state index >= 15 is 4.39 Å². The Morgan fingerprint density at radius 2 is 2.03 bits per heavy atom. The Hall–Kier alpha value is -2.25. The summed E-state index contributed by atoms with van der Waals surface area (Å²) in [6.45, 7) is 7.54. The summed E-state index contributed by atoms with van der Waals surface area (Å²) < 4.78 is 40.2. The highest BCUT2D eigenvalue weighted by Gasteiger charge is 2.38. The number of aliphatic hydroxyl groups excluding tert-OH is 1. The van der Waals surface area contributed by atoms with Gasteiger partial charge in [-0.2, -0.15) is 4.31 Å². The van der Waals surface area contributed by atoms with Crippen molar-refractivity contribution in [3.05, 3.63) is 28.7 Å². The quantitative estimate of drug-likeness (QED) is 0.385. The zero-order valence-electron chi connectivity index (χ0n) is 22.2.